The molecule has 4 aliphatic carbocycles. The number of benzene rings is 1. The topological polar surface area (TPSA) is 79.4 Å². The fourth-order valence-electron chi connectivity index (χ4n) is 6.74. The second kappa shape index (κ2) is 8.37. The molecule has 1 heterocycles. The lowest BCUT2D eigenvalue weighted by Crippen LogP contribution is -2.51. The fourth-order valence-corrected chi connectivity index (χ4v) is 9.36. The Hall–Kier alpha value is -1.51. The van der Waals surface area contributed by atoms with Crippen LogP contribution in [0.25, 0.3) is 10.2 Å². The Kier molecular flexibility index (Phi) is 5.83. The zero-order chi connectivity index (χ0) is 22.5. The molecule has 1 amide bonds. The lowest BCUT2D eigenvalue weighted by Gasteiger charge is -2.55. The summed E-state index contributed by atoms with van der Waals surface area (Å²) >= 11 is 1.37. The molecule has 0 unspecified atom stereocenters. The maximum Gasteiger partial charge on any atom is 0.243 e. The maximum atomic E-state index is 13.4. The van der Waals surface area contributed by atoms with Crippen LogP contribution >= 0.6 is 11.3 Å². The molecule has 4 aliphatic rings. The van der Waals surface area contributed by atoms with Crippen molar-refractivity contribution in [2.45, 2.75) is 70.1 Å². The molecule has 2 aromatic rings. The maximum absolute atomic E-state index is 13.4. The minimum absolute atomic E-state index is 0.126. The number of carbonyl (C=O) groups is 1. The van der Waals surface area contributed by atoms with Gasteiger partial charge in [0, 0.05) is 13.1 Å². The number of nitrogens with zero attached hydrogens (tertiary/aromatic N) is 2. The van der Waals surface area contributed by atoms with E-state index in [1.165, 1.54) is 30.6 Å². The van der Waals surface area contributed by atoms with Crippen LogP contribution in [0.3, 0.4) is 0 Å². The number of carbonyl (C=O) groups excluding carboxylic acids is 1. The summed E-state index contributed by atoms with van der Waals surface area (Å²) < 4.78 is 28.6. The van der Waals surface area contributed by atoms with Crippen LogP contribution in [-0.4, -0.2) is 36.7 Å². The van der Waals surface area contributed by atoms with Crippen molar-refractivity contribution in [3.05, 3.63) is 18.2 Å². The van der Waals surface area contributed by atoms with E-state index in [1.54, 1.807) is 22.5 Å². The number of hydrogen-bond acceptors (Lipinski definition) is 5. The molecule has 32 heavy (non-hydrogen) atoms. The van der Waals surface area contributed by atoms with Gasteiger partial charge in [-0.2, -0.15) is 4.31 Å². The van der Waals surface area contributed by atoms with Crippen LogP contribution in [0.5, 0.6) is 0 Å². The van der Waals surface area contributed by atoms with E-state index in [2.05, 4.69) is 10.3 Å². The first-order valence-corrected chi connectivity index (χ1v) is 14.3. The second-order valence-electron chi connectivity index (χ2n) is 10.2. The number of aromatic nitrogens is 1. The predicted molar refractivity (Wildman–Crippen MR) is 128 cm³/mol. The van der Waals surface area contributed by atoms with E-state index < -0.39 is 10.0 Å². The highest BCUT2D eigenvalue weighted by Crippen LogP contribution is 2.60. The SMILES string of the molecule is CCCN(CCC)S(=O)(=O)c1ccc2nc(NC(=O)C34CC5CC(CC(C5)C3)C4)sc2c1. The molecule has 174 valence electrons. The molecule has 6 rings (SSSR count). The van der Waals surface area contributed by atoms with Gasteiger partial charge < -0.3 is 5.32 Å². The molecule has 1 aromatic heterocycles. The summed E-state index contributed by atoms with van der Waals surface area (Å²) in [6, 6.07) is 5.11. The highest BCUT2D eigenvalue weighted by Gasteiger charge is 2.54. The fraction of sp³-hybridized carbons (Fsp3) is 0.667. The van der Waals surface area contributed by atoms with Crippen molar-refractivity contribution in [2.24, 2.45) is 23.2 Å². The average Bonchev–Trinajstić information content (AvgIpc) is 3.14. The smallest absolute Gasteiger partial charge is 0.243 e. The van der Waals surface area contributed by atoms with Crippen molar-refractivity contribution >= 4 is 42.6 Å². The molecule has 4 saturated carbocycles. The minimum atomic E-state index is -3.54. The van der Waals surface area contributed by atoms with Gasteiger partial charge in [-0.3, -0.25) is 4.79 Å². The molecule has 1 N–H and O–H groups in total. The molecular formula is C24H33N3O3S2. The van der Waals surface area contributed by atoms with Gasteiger partial charge in [0.2, 0.25) is 15.9 Å². The summed E-state index contributed by atoms with van der Waals surface area (Å²) in [6.07, 6.45) is 8.52. The van der Waals surface area contributed by atoms with Gasteiger partial charge in [-0.25, -0.2) is 13.4 Å². The van der Waals surface area contributed by atoms with Crippen molar-refractivity contribution in [1.29, 1.82) is 0 Å². The summed E-state index contributed by atoms with van der Waals surface area (Å²) in [4.78, 5) is 18.3. The van der Waals surface area contributed by atoms with Crippen molar-refractivity contribution in [1.82, 2.24) is 9.29 Å². The van der Waals surface area contributed by atoms with Crippen LogP contribution in [0, 0.1) is 23.2 Å². The molecule has 0 saturated heterocycles. The van der Waals surface area contributed by atoms with Crippen LogP contribution in [0.2, 0.25) is 0 Å². The number of amides is 1. The van der Waals surface area contributed by atoms with Gasteiger partial charge in [0.1, 0.15) is 0 Å². The number of nitrogens with one attached hydrogen (secondary N) is 1. The summed E-state index contributed by atoms with van der Waals surface area (Å²) in [5.41, 5.74) is 0.509. The zero-order valence-electron chi connectivity index (χ0n) is 19.0. The van der Waals surface area contributed by atoms with Crippen molar-refractivity contribution in [2.75, 3.05) is 18.4 Å². The van der Waals surface area contributed by atoms with E-state index in [4.69, 9.17) is 0 Å². The number of thiazole rings is 1. The molecular weight excluding hydrogens is 442 g/mol. The van der Waals surface area contributed by atoms with E-state index in [1.807, 2.05) is 13.8 Å². The third kappa shape index (κ3) is 3.88. The Labute approximate surface area is 194 Å². The first-order chi connectivity index (χ1) is 15.3. The summed E-state index contributed by atoms with van der Waals surface area (Å²) in [7, 11) is -3.54. The van der Waals surface area contributed by atoms with E-state index in [9.17, 15) is 13.2 Å². The van der Waals surface area contributed by atoms with Crippen LogP contribution in [0.4, 0.5) is 5.13 Å². The van der Waals surface area contributed by atoms with Gasteiger partial charge in [0.05, 0.1) is 20.5 Å². The van der Waals surface area contributed by atoms with E-state index in [0.29, 0.717) is 40.9 Å². The number of rotatable bonds is 8. The highest BCUT2D eigenvalue weighted by molar-refractivity contribution is 7.89. The molecule has 1 aromatic carbocycles. The van der Waals surface area contributed by atoms with Crippen molar-refractivity contribution in [3.8, 4) is 0 Å². The molecule has 0 spiro atoms. The van der Waals surface area contributed by atoms with Gasteiger partial charge in [-0.1, -0.05) is 25.2 Å². The summed E-state index contributed by atoms with van der Waals surface area (Å²) in [6.45, 7) is 5.01. The van der Waals surface area contributed by atoms with E-state index in [-0.39, 0.29) is 11.3 Å². The molecule has 4 fully saturated rings. The van der Waals surface area contributed by atoms with Gasteiger partial charge in [-0.05, 0) is 87.3 Å². The third-order valence-electron chi connectivity index (χ3n) is 7.68. The van der Waals surface area contributed by atoms with Gasteiger partial charge in [-0.15, -0.1) is 0 Å². The number of fused-ring (bicyclic) bond motifs is 1. The lowest BCUT2D eigenvalue weighted by molar-refractivity contribution is -0.140. The van der Waals surface area contributed by atoms with E-state index >= 15 is 0 Å². The third-order valence-corrected chi connectivity index (χ3v) is 10.5. The molecule has 0 atom stereocenters. The van der Waals surface area contributed by atoms with E-state index in [0.717, 1.165) is 42.3 Å². The summed E-state index contributed by atoms with van der Waals surface area (Å²) in [5, 5.41) is 3.70. The highest BCUT2D eigenvalue weighted by atomic mass is 32.2. The Morgan fingerprint density at radius 2 is 1.69 bits per heavy atom. The molecule has 8 heteroatoms. The Bertz CT molecular complexity index is 1080. The van der Waals surface area contributed by atoms with Crippen molar-refractivity contribution < 1.29 is 13.2 Å². The zero-order valence-corrected chi connectivity index (χ0v) is 20.6. The molecule has 0 aliphatic heterocycles. The van der Waals surface area contributed by atoms with Gasteiger partial charge >= 0.3 is 0 Å². The molecule has 4 bridgehead atoms. The largest absolute Gasteiger partial charge is 0.301 e. The summed E-state index contributed by atoms with van der Waals surface area (Å²) in [5.74, 6) is 2.26. The Morgan fingerprint density at radius 1 is 1.09 bits per heavy atom. The molecule has 0 radical (unpaired) electrons. The van der Waals surface area contributed by atoms with Gasteiger partial charge in [0.25, 0.3) is 0 Å². The molecule has 6 nitrogen and oxygen atoms in total. The minimum Gasteiger partial charge on any atom is -0.301 e. The standard InChI is InChI=1S/C24H33N3O3S2/c1-3-7-27(8-4-2)32(29,30)19-5-6-20-21(12-19)31-23(25-20)26-22(28)24-13-16-9-17(14-24)11-18(10-16)15-24/h5-6,12,16-18H,3-4,7-11,13-15H2,1-2H3,(H,25,26,28). The normalized spacial score (nSPS) is 29.2. The quantitative estimate of drug-likeness (QED) is 0.565. The number of sulfonamides is 1. The Morgan fingerprint density at radius 3 is 2.25 bits per heavy atom. The second-order valence-corrected chi connectivity index (χ2v) is 13.2. The number of hydrogen-bond donors (Lipinski definition) is 1. The van der Waals surface area contributed by atoms with Crippen molar-refractivity contribution in [3.63, 3.8) is 0 Å². The van der Waals surface area contributed by atoms with Crippen LogP contribution in [0.1, 0.15) is 65.2 Å². The Balaban J connectivity index is 1.37. The first kappa shape index (κ1) is 22.3. The van der Waals surface area contributed by atoms with Crippen LogP contribution < -0.4 is 5.32 Å². The predicted octanol–water partition coefficient (Wildman–Crippen LogP) is 5.26. The lowest BCUT2D eigenvalue weighted by atomic mass is 9.49. The first-order valence-electron chi connectivity index (χ1n) is 12.0. The van der Waals surface area contributed by atoms with Crippen LogP contribution in [0.15, 0.2) is 23.1 Å². The van der Waals surface area contributed by atoms with Crippen LogP contribution in [-0.2, 0) is 14.8 Å². The van der Waals surface area contributed by atoms with Gasteiger partial charge in [0.15, 0.2) is 5.13 Å². The monoisotopic (exact) mass is 475 g/mol. The average molecular weight is 476 g/mol. The number of anilines is 1.